The van der Waals surface area contributed by atoms with Gasteiger partial charge in [-0.2, -0.15) is 8.42 Å². The Morgan fingerprint density at radius 3 is 2.01 bits per heavy atom. The maximum Gasteiger partial charge on any atom is 0.347 e. The highest BCUT2D eigenvalue weighted by Crippen LogP contribution is 2.50. The number of aromatic hydroxyl groups is 1. The average molecular weight is 1460 g/mol. The number of hydrogen-bond acceptors (Lipinski definition) is 21. The number of rotatable bonds is 36. The van der Waals surface area contributed by atoms with E-state index in [-0.39, 0.29) is 60.1 Å². The first-order valence-electron chi connectivity index (χ1n) is 33.0. The van der Waals surface area contributed by atoms with Crippen LogP contribution in [0.5, 0.6) is 40.4 Å². The van der Waals surface area contributed by atoms with Crippen molar-refractivity contribution in [3.8, 4) is 73.3 Å². The number of thiophene rings is 1. The predicted octanol–water partition coefficient (Wildman–Crippen LogP) is 15.0. The van der Waals surface area contributed by atoms with E-state index < -0.39 is 46.3 Å². The van der Waals surface area contributed by atoms with Crippen LogP contribution in [0.3, 0.4) is 0 Å². The maximum atomic E-state index is 14.8. The Kier molecular flexibility index (Phi) is 25.3. The molecule has 0 bridgehead atoms. The average Bonchev–Trinajstić information content (AvgIpc) is 1.67. The molecule has 0 aliphatic rings. The number of esters is 1. The Labute approximate surface area is 605 Å². The van der Waals surface area contributed by atoms with Gasteiger partial charge in [-0.3, -0.25) is 4.18 Å². The molecular weight excluding hydrogens is 1380 g/mol. The lowest BCUT2D eigenvalue weighted by Crippen LogP contribution is -2.39. The second kappa shape index (κ2) is 35.2. The van der Waals surface area contributed by atoms with Gasteiger partial charge in [0.25, 0.3) is 10.1 Å². The van der Waals surface area contributed by atoms with Crippen molar-refractivity contribution in [2.24, 2.45) is 0 Å². The minimum atomic E-state index is -4.38. The van der Waals surface area contributed by atoms with Crippen LogP contribution in [0, 0.1) is 19.7 Å². The molecule has 0 radical (unpaired) electrons. The molecule has 11 aromatic rings. The molecule has 0 fully saturated rings. The van der Waals surface area contributed by atoms with Crippen molar-refractivity contribution in [1.82, 2.24) is 19.9 Å². The summed E-state index contributed by atoms with van der Waals surface area (Å²) in [6, 6.07) is 53.8. The Bertz CT molecular complexity index is 4700. The Hall–Kier alpha value is -10.1. The number of para-hydroxylation sites is 1. The van der Waals surface area contributed by atoms with Crippen molar-refractivity contribution in [3.63, 3.8) is 0 Å². The van der Waals surface area contributed by atoms with Gasteiger partial charge in [0.2, 0.25) is 12.0 Å². The van der Waals surface area contributed by atoms with E-state index in [0.29, 0.717) is 127 Å². The van der Waals surface area contributed by atoms with Crippen LogP contribution in [0.1, 0.15) is 46.0 Å². The molecule has 0 amide bonds. The fourth-order valence-electron chi connectivity index (χ4n) is 11.4. The van der Waals surface area contributed by atoms with Crippen molar-refractivity contribution in [3.05, 3.63) is 250 Å². The third kappa shape index (κ3) is 18.2. The third-order valence-electron chi connectivity index (χ3n) is 16.6. The topological polar surface area (TPSA) is 234 Å². The van der Waals surface area contributed by atoms with E-state index in [1.165, 1.54) is 54.1 Å². The molecule has 0 saturated carbocycles. The summed E-state index contributed by atoms with van der Waals surface area (Å²) in [7, 11) is 0.406. The normalized spacial score (nSPS) is 12.2. The zero-order valence-corrected chi connectivity index (χ0v) is 59.8. The molecule has 3 heterocycles. The van der Waals surface area contributed by atoms with E-state index in [1.807, 2.05) is 110 Å². The number of phenolic OH excluding ortho intramolecular Hbond substituents is 1. The zero-order chi connectivity index (χ0) is 72.3. The Morgan fingerprint density at radius 2 is 1.32 bits per heavy atom. The monoisotopic (exact) mass is 1450 g/mol. The van der Waals surface area contributed by atoms with Crippen LogP contribution >= 0.6 is 22.9 Å². The van der Waals surface area contributed by atoms with Crippen molar-refractivity contribution in [2.45, 2.75) is 56.5 Å². The standard InChI is InChI=1S/C79H76ClFN4O16S2/c1-7-95-78(87)70(46-54-45-60(86)27-35-67(54)97-47-59-37-38-82-75(85-59)66-15-11-12-16-68(66)96-44-43-94-42-41-93-40-39-90-4)101-76-72-71(74(102-77(72)84-50-83-76)53-19-25-58(81)26-20-53)65-34-36-69(73(80)52(65)3)100-63(49-99-103(88,89)64-32-17-51(2)18-33-64)48-98-79(55-13-9-8-10-14-55,56-21-28-61(91-5)29-22-56)57-23-30-62(92-6)31-24-57/h8-38,45,50,63,70,86H,7,39-44,46-49H2,1-6H3/t63-,70-/m1/s1. The van der Waals surface area contributed by atoms with Gasteiger partial charge in [0, 0.05) is 35.7 Å². The largest absolute Gasteiger partial charge is 0.508 e. The summed E-state index contributed by atoms with van der Waals surface area (Å²) in [4.78, 5) is 34.1. The first-order chi connectivity index (χ1) is 50.1. The molecule has 0 spiro atoms. The molecule has 11 rings (SSSR count). The molecule has 20 nitrogen and oxygen atoms in total. The van der Waals surface area contributed by atoms with Gasteiger partial charge in [-0.05, 0) is 145 Å². The highest BCUT2D eigenvalue weighted by atomic mass is 35.5. The van der Waals surface area contributed by atoms with Crippen molar-refractivity contribution >= 4 is 49.2 Å². The molecule has 24 heteroatoms. The predicted molar refractivity (Wildman–Crippen MR) is 389 cm³/mol. The number of aromatic nitrogens is 4. The molecule has 2 atom stereocenters. The summed E-state index contributed by atoms with van der Waals surface area (Å²) in [5.41, 5.74) is 5.32. The van der Waals surface area contributed by atoms with Gasteiger partial charge in [0.05, 0.1) is 87.0 Å². The van der Waals surface area contributed by atoms with Crippen LogP contribution in [0.15, 0.2) is 205 Å². The lowest BCUT2D eigenvalue weighted by molar-refractivity contribution is -0.151. The molecule has 3 aromatic heterocycles. The SMILES string of the molecule is CCOC(=O)[C@@H](Cc1cc(O)ccc1OCc1ccnc(-c2ccccc2OCCOCCOCCOC)n1)Oc1ncnc2sc(-c3ccc(F)cc3)c(-c3ccc(O[C@H](COC(c4ccccc4)(c4ccc(OC)cc4)c4ccc(OC)cc4)COS(=O)(=O)c4ccc(C)cc4)c(Cl)c3C)c12. The number of benzene rings is 8. The molecule has 0 aliphatic carbocycles. The molecule has 534 valence electrons. The van der Waals surface area contributed by atoms with Gasteiger partial charge in [-0.15, -0.1) is 11.3 Å². The minimum absolute atomic E-state index is 0.00414. The summed E-state index contributed by atoms with van der Waals surface area (Å²) in [5, 5.41) is 11.5. The summed E-state index contributed by atoms with van der Waals surface area (Å²) >= 11 is 8.83. The van der Waals surface area contributed by atoms with Gasteiger partial charge in [0.1, 0.15) is 83.0 Å². The lowest BCUT2D eigenvalue weighted by atomic mass is 9.80. The first kappa shape index (κ1) is 74.1. The first-order valence-corrected chi connectivity index (χ1v) is 35.6. The van der Waals surface area contributed by atoms with E-state index in [9.17, 15) is 22.7 Å². The summed E-state index contributed by atoms with van der Waals surface area (Å²) in [6.07, 6.45) is 0.156. The number of methoxy groups -OCH3 is 3. The number of carbonyl (C=O) groups is 1. The highest BCUT2D eigenvalue weighted by Gasteiger charge is 2.40. The second-order valence-electron chi connectivity index (χ2n) is 23.4. The lowest BCUT2D eigenvalue weighted by Gasteiger charge is -2.37. The van der Waals surface area contributed by atoms with Crippen LogP contribution in [-0.2, 0) is 61.4 Å². The molecular formula is C79H76ClFN4O16S2. The number of fused-ring (bicyclic) bond motifs is 1. The number of halogens is 2. The van der Waals surface area contributed by atoms with E-state index in [2.05, 4.69) is 9.97 Å². The third-order valence-corrected chi connectivity index (χ3v) is 19.5. The minimum Gasteiger partial charge on any atom is -0.508 e. The highest BCUT2D eigenvalue weighted by molar-refractivity contribution is 7.86. The van der Waals surface area contributed by atoms with Crippen LogP contribution in [0.4, 0.5) is 4.39 Å². The van der Waals surface area contributed by atoms with E-state index in [1.54, 1.807) is 89.9 Å². The number of carbonyl (C=O) groups excluding carboxylic acids is 1. The van der Waals surface area contributed by atoms with Gasteiger partial charge < -0.3 is 57.2 Å². The Morgan fingerprint density at radius 1 is 0.660 bits per heavy atom. The maximum absolute atomic E-state index is 14.8. The molecule has 0 saturated heterocycles. The number of ether oxygens (including phenoxy) is 11. The van der Waals surface area contributed by atoms with Crippen LogP contribution in [0.2, 0.25) is 5.02 Å². The quantitative estimate of drug-likeness (QED) is 0.0166. The van der Waals surface area contributed by atoms with E-state index in [0.717, 1.165) is 11.1 Å². The second-order valence-corrected chi connectivity index (χ2v) is 26.4. The molecule has 0 unspecified atom stereocenters. The van der Waals surface area contributed by atoms with E-state index >= 15 is 0 Å². The van der Waals surface area contributed by atoms with E-state index in [4.69, 9.17) is 77.9 Å². The zero-order valence-electron chi connectivity index (χ0n) is 57.4. The van der Waals surface area contributed by atoms with Crippen LogP contribution in [0.25, 0.3) is 43.2 Å². The Balaban J connectivity index is 0.914. The fourth-order valence-corrected chi connectivity index (χ4v) is 13.7. The molecule has 103 heavy (non-hydrogen) atoms. The molecule has 0 aliphatic heterocycles. The summed E-state index contributed by atoms with van der Waals surface area (Å²) in [6.45, 7) is 6.85. The fraction of sp³-hybridized carbons (Fsp3) is 0.253. The van der Waals surface area contributed by atoms with Gasteiger partial charge in [0.15, 0.2) is 5.82 Å². The molecule has 1 N–H and O–H groups in total. The van der Waals surface area contributed by atoms with Crippen LogP contribution in [-0.4, -0.2) is 132 Å². The number of nitrogens with zero attached hydrogens (tertiary/aromatic N) is 4. The van der Waals surface area contributed by atoms with Crippen LogP contribution < -0.4 is 28.4 Å². The number of aryl methyl sites for hydroxylation is 1. The van der Waals surface area contributed by atoms with Crippen molar-refractivity contribution in [2.75, 3.05) is 80.8 Å². The molecule has 8 aromatic carbocycles. The smallest absolute Gasteiger partial charge is 0.347 e. The number of hydrogen-bond donors (Lipinski definition) is 1. The van der Waals surface area contributed by atoms with Crippen molar-refractivity contribution in [1.29, 1.82) is 0 Å². The van der Waals surface area contributed by atoms with Gasteiger partial charge in [-0.1, -0.05) is 114 Å². The van der Waals surface area contributed by atoms with Crippen molar-refractivity contribution < 1.29 is 79.0 Å². The van der Waals surface area contributed by atoms with Gasteiger partial charge in [-0.25, -0.2) is 29.1 Å². The summed E-state index contributed by atoms with van der Waals surface area (Å²) in [5.74, 6) is 1.27. The van der Waals surface area contributed by atoms with Gasteiger partial charge >= 0.3 is 5.97 Å². The summed E-state index contributed by atoms with van der Waals surface area (Å²) < 4.78 is 115. The number of phenols is 1.